The molecule has 57 heavy (non-hydrogen) atoms. The van der Waals surface area contributed by atoms with Crippen molar-refractivity contribution in [2.24, 2.45) is 0 Å². The maximum atomic E-state index is 13.0. The number of aliphatic hydroxyl groups is 3. The molecule has 1 aliphatic heterocycles. The van der Waals surface area contributed by atoms with E-state index in [4.69, 9.17) is 18.6 Å². The van der Waals surface area contributed by atoms with Gasteiger partial charge >= 0.3 is 20.8 Å². The second kappa shape index (κ2) is 32.5. The van der Waals surface area contributed by atoms with E-state index in [0.29, 0.717) is 6.42 Å². The van der Waals surface area contributed by atoms with Gasteiger partial charge in [-0.3, -0.25) is 13.9 Å². The normalized spacial score (nSPS) is 21.6. The lowest BCUT2D eigenvalue weighted by Gasteiger charge is -2.41. The van der Waals surface area contributed by atoms with Crippen molar-refractivity contribution < 1.29 is 63.9 Å². The molecule has 0 unspecified atom stereocenters. The SMILES string of the molecule is CCCCCCCCCCCCC/C=C/[C@@H](O)[C@H](CO[C@@H]1O[C@@H](COS(=O)(=O)O)[C@@H](OS(=O)(=O)O)[C@H](O)[C@@H]1O)NC(=O)CCCCCCCCCCCCCCC. The van der Waals surface area contributed by atoms with Crippen LogP contribution in [-0.2, 0) is 43.4 Å². The molecule has 17 heteroatoms. The minimum Gasteiger partial charge on any atom is -0.387 e. The van der Waals surface area contributed by atoms with Crippen molar-refractivity contribution >= 4 is 26.7 Å². The van der Waals surface area contributed by atoms with Crippen LogP contribution >= 0.6 is 0 Å². The molecule has 1 rings (SSSR count). The Labute approximate surface area is 344 Å². The molecule has 1 amide bonds. The number of nitrogens with one attached hydrogen (secondary N) is 1. The first-order chi connectivity index (χ1) is 27.2. The lowest BCUT2D eigenvalue weighted by Crippen LogP contribution is -2.61. The lowest BCUT2D eigenvalue weighted by atomic mass is 9.99. The molecule has 0 spiro atoms. The molecule has 0 bridgehead atoms. The summed E-state index contributed by atoms with van der Waals surface area (Å²) in [5, 5.41) is 35.2. The minimum absolute atomic E-state index is 0.217. The van der Waals surface area contributed by atoms with E-state index in [1.165, 1.54) is 109 Å². The molecular weight excluding hydrogens is 783 g/mol. The van der Waals surface area contributed by atoms with E-state index in [0.717, 1.165) is 44.9 Å². The molecule has 0 saturated carbocycles. The fourth-order valence-corrected chi connectivity index (χ4v) is 7.72. The van der Waals surface area contributed by atoms with Gasteiger partial charge in [0.2, 0.25) is 5.91 Å². The number of carbonyl (C=O) groups excluding carboxylic acids is 1. The highest BCUT2D eigenvalue weighted by Gasteiger charge is 2.48. The summed E-state index contributed by atoms with van der Waals surface area (Å²) in [6.45, 7) is 2.90. The number of hydrogen-bond acceptors (Lipinski definition) is 12. The first-order valence-electron chi connectivity index (χ1n) is 21.7. The maximum Gasteiger partial charge on any atom is 0.397 e. The van der Waals surface area contributed by atoms with Gasteiger partial charge in [-0.1, -0.05) is 167 Å². The van der Waals surface area contributed by atoms with Crippen molar-refractivity contribution in [1.82, 2.24) is 5.32 Å². The van der Waals surface area contributed by atoms with Gasteiger partial charge in [0, 0.05) is 6.42 Å². The molecule has 0 radical (unpaired) electrons. The fraction of sp³-hybridized carbons (Fsp3) is 0.925. The van der Waals surface area contributed by atoms with Crippen LogP contribution in [0.5, 0.6) is 0 Å². The maximum absolute atomic E-state index is 13.0. The Morgan fingerprint density at radius 3 is 1.60 bits per heavy atom. The highest BCUT2D eigenvalue weighted by atomic mass is 32.3. The standard InChI is InChI=1S/C40H77NO14S2/c1-3-5-7-9-11-13-15-17-19-21-23-25-27-29-34(42)33(41-36(43)30-28-26-24-22-20-18-16-14-12-10-8-6-4-2)31-52-40-38(45)37(44)39(55-57(49,50)51)35(54-40)32-53-56(46,47)48/h27,29,33-35,37-40,42,44-45H,3-26,28,30-32H2,1-2H3,(H,41,43)(H,46,47,48)(H,49,50,51)/b29-27+/t33-,34+,35-,37+,38-,39+,40+/m0/s1. The van der Waals surface area contributed by atoms with E-state index in [1.807, 2.05) is 6.08 Å². The first-order valence-corrected chi connectivity index (χ1v) is 24.5. The van der Waals surface area contributed by atoms with Crippen molar-refractivity contribution in [1.29, 1.82) is 0 Å². The molecular formula is C40H77NO14S2. The van der Waals surface area contributed by atoms with Gasteiger partial charge in [-0.05, 0) is 19.3 Å². The minimum atomic E-state index is -5.23. The van der Waals surface area contributed by atoms with Crippen molar-refractivity contribution in [2.45, 2.75) is 224 Å². The topological polar surface area (TPSA) is 235 Å². The molecule has 1 fully saturated rings. The number of carbonyl (C=O) groups is 1. The summed E-state index contributed by atoms with van der Waals surface area (Å²) >= 11 is 0. The van der Waals surface area contributed by atoms with E-state index in [-0.39, 0.29) is 12.3 Å². The molecule has 1 aliphatic rings. The van der Waals surface area contributed by atoms with Crippen molar-refractivity contribution in [2.75, 3.05) is 13.2 Å². The molecule has 338 valence electrons. The monoisotopic (exact) mass is 859 g/mol. The van der Waals surface area contributed by atoms with Crippen molar-refractivity contribution in [3.63, 3.8) is 0 Å². The van der Waals surface area contributed by atoms with Crippen molar-refractivity contribution in [3.05, 3.63) is 12.2 Å². The average Bonchev–Trinajstić information content (AvgIpc) is 3.15. The van der Waals surface area contributed by atoms with Gasteiger partial charge in [0.15, 0.2) is 6.29 Å². The molecule has 0 aliphatic carbocycles. The Balaban J connectivity index is 2.72. The Morgan fingerprint density at radius 2 is 1.14 bits per heavy atom. The van der Waals surface area contributed by atoms with Crippen LogP contribution < -0.4 is 5.32 Å². The zero-order valence-electron chi connectivity index (χ0n) is 34.7. The molecule has 7 atom stereocenters. The predicted molar refractivity (Wildman–Crippen MR) is 219 cm³/mol. The van der Waals surface area contributed by atoms with Gasteiger partial charge in [0.05, 0.1) is 25.4 Å². The fourth-order valence-electron chi connectivity index (χ4n) is 6.89. The van der Waals surface area contributed by atoms with Crippen LogP contribution in [-0.4, -0.2) is 103 Å². The second-order valence-electron chi connectivity index (χ2n) is 15.5. The van der Waals surface area contributed by atoms with E-state index in [9.17, 15) is 36.9 Å². The Bertz CT molecular complexity index is 1250. The third-order valence-corrected chi connectivity index (χ3v) is 11.2. The average molecular weight is 860 g/mol. The number of hydrogen-bond donors (Lipinski definition) is 6. The number of amides is 1. The molecule has 1 heterocycles. The van der Waals surface area contributed by atoms with Gasteiger partial charge in [0.25, 0.3) is 0 Å². The predicted octanol–water partition coefficient (Wildman–Crippen LogP) is 7.04. The number of unbranched alkanes of at least 4 members (excludes halogenated alkanes) is 23. The molecule has 15 nitrogen and oxygen atoms in total. The Morgan fingerprint density at radius 1 is 0.684 bits per heavy atom. The van der Waals surface area contributed by atoms with Crippen LogP contribution in [0.3, 0.4) is 0 Å². The van der Waals surface area contributed by atoms with Crippen LogP contribution in [0.15, 0.2) is 12.2 Å². The molecule has 0 aromatic rings. The molecule has 0 aromatic heterocycles. The van der Waals surface area contributed by atoms with E-state index in [2.05, 4.69) is 27.5 Å². The van der Waals surface area contributed by atoms with Gasteiger partial charge in [0.1, 0.15) is 24.4 Å². The van der Waals surface area contributed by atoms with Crippen LogP contribution in [0, 0.1) is 0 Å². The van der Waals surface area contributed by atoms with E-state index >= 15 is 0 Å². The highest BCUT2D eigenvalue weighted by molar-refractivity contribution is 7.81. The third-order valence-electron chi connectivity index (χ3n) is 10.3. The number of ether oxygens (including phenoxy) is 2. The van der Waals surface area contributed by atoms with Gasteiger partial charge in [-0.15, -0.1) is 0 Å². The van der Waals surface area contributed by atoms with Crippen LogP contribution in [0.2, 0.25) is 0 Å². The first kappa shape index (κ1) is 53.8. The van der Waals surface area contributed by atoms with Crippen LogP contribution in [0.25, 0.3) is 0 Å². The zero-order chi connectivity index (χ0) is 42.4. The lowest BCUT2D eigenvalue weighted by molar-refractivity contribution is -0.297. The summed E-state index contributed by atoms with van der Waals surface area (Å²) in [7, 11) is -10.3. The number of aliphatic hydroxyl groups excluding tert-OH is 3. The third kappa shape index (κ3) is 28.8. The zero-order valence-corrected chi connectivity index (χ0v) is 36.4. The van der Waals surface area contributed by atoms with Gasteiger partial charge in [-0.25, -0.2) is 8.37 Å². The highest BCUT2D eigenvalue weighted by Crippen LogP contribution is 2.27. The summed E-state index contributed by atoms with van der Waals surface area (Å²) in [5.41, 5.74) is 0. The number of rotatable bonds is 37. The smallest absolute Gasteiger partial charge is 0.387 e. The summed E-state index contributed by atoms with van der Waals surface area (Å²) < 4.78 is 83.1. The number of allylic oxidation sites excluding steroid dienone is 1. The van der Waals surface area contributed by atoms with Gasteiger partial charge < -0.3 is 30.1 Å². The van der Waals surface area contributed by atoms with Crippen molar-refractivity contribution in [3.8, 4) is 0 Å². The Kier molecular flexibility index (Phi) is 30.7. The summed E-state index contributed by atoms with van der Waals surface area (Å²) in [6.07, 6.45) is 21.8. The van der Waals surface area contributed by atoms with Gasteiger partial charge in [-0.2, -0.15) is 16.8 Å². The summed E-state index contributed by atoms with van der Waals surface area (Å²) in [6, 6.07) is -1.03. The quantitative estimate of drug-likeness (QED) is 0.0209. The summed E-state index contributed by atoms with van der Waals surface area (Å²) in [4.78, 5) is 13.0. The second-order valence-corrected chi connectivity index (χ2v) is 17.6. The summed E-state index contributed by atoms with van der Waals surface area (Å²) in [5.74, 6) is -0.323. The van der Waals surface area contributed by atoms with E-state index < -0.39 is 76.9 Å². The molecule has 0 aromatic carbocycles. The van der Waals surface area contributed by atoms with E-state index in [1.54, 1.807) is 6.08 Å². The molecule has 6 N–H and O–H groups in total. The van der Waals surface area contributed by atoms with Crippen LogP contribution in [0.1, 0.15) is 181 Å². The largest absolute Gasteiger partial charge is 0.397 e. The Hall–Kier alpha value is -1.25. The molecule has 1 saturated heterocycles. The van der Waals surface area contributed by atoms with Crippen LogP contribution in [0.4, 0.5) is 0 Å².